The molecule has 0 aliphatic carbocycles. The molecular weight excluding hydrogens is 333 g/mol. The molecule has 1 saturated heterocycles. The zero-order chi connectivity index (χ0) is 18.7. The van der Waals surface area contributed by atoms with Crippen molar-refractivity contribution in [3.63, 3.8) is 0 Å². The summed E-state index contributed by atoms with van der Waals surface area (Å²) in [7, 11) is 0. The number of piperazine rings is 1. The third-order valence-electron chi connectivity index (χ3n) is 4.95. The molecular formula is C19H22FN5O. The van der Waals surface area contributed by atoms with Crippen molar-refractivity contribution in [2.24, 2.45) is 0 Å². The fraction of sp³-hybridized carbons (Fsp3) is 0.421. The van der Waals surface area contributed by atoms with Crippen LogP contribution in [0.15, 0.2) is 18.2 Å². The van der Waals surface area contributed by atoms with E-state index in [-0.39, 0.29) is 11.5 Å². The molecule has 1 amide bonds. The Morgan fingerprint density at radius 3 is 2.65 bits per heavy atom. The van der Waals surface area contributed by atoms with Gasteiger partial charge in [0.15, 0.2) is 0 Å². The maximum atomic E-state index is 13.8. The van der Waals surface area contributed by atoms with E-state index < -0.39 is 5.82 Å². The fourth-order valence-electron chi connectivity index (χ4n) is 3.42. The van der Waals surface area contributed by atoms with Gasteiger partial charge in [0.05, 0.1) is 11.4 Å². The highest BCUT2D eigenvalue weighted by Gasteiger charge is 2.23. The van der Waals surface area contributed by atoms with Crippen molar-refractivity contribution in [2.45, 2.75) is 26.7 Å². The van der Waals surface area contributed by atoms with Crippen LogP contribution in [0.2, 0.25) is 0 Å². The third-order valence-corrected chi connectivity index (χ3v) is 4.95. The number of nitrogens with zero attached hydrogens (tertiary/aromatic N) is 4. The summed E-state index contributed by atoms with van der Waals surface area (Å²) in [4.78, 5) is 16.3. The van der Waals surface area contributed by atoms with Gasteiger partial charge < -0.3 is 9.80 Å². The quantitative estimate of drug-likeness (QED) is 0.913. The number of nitriles is 1. The van der Waals surface area contributed by atoms with Crippen LogP contribution in [-0.2, 0) is 11.2 Å². The number of halogens is 1. The van der Waals surface area contributed by atoms with E-state index in [2.05, 4.69) is 10.2 Å². The van der Waals surface area contributed by atoms with Crippen molar-refractivity contribution in [1.29, 1.82) is 5.26 Å². The van der Waals surface area contributed by atoms with Gasteiger partial charge in [-0.15, -0.1) is 0 Å². The fourth-order valence-corrected chi connectivity index (χ4v) is 3.42. The molecule has 1 aliphatic rings. The number of amides is 1. The molecule has 0 unspecified atom stereocenters. The monoisotopic (exact) mass is 355 g/mol. The highest BCUT2D eigenvalue weighted by Crippen LogP contribution is 2.24. The largest absolute Gasteiger partial charge is 0.367 e. The van der Waals surface area contributed by atoms with Gasteiger partial charge in [-0.3, -0.25) is 9.89 Å². The molecule has 2 heterocycles. The van der Waals surface area contributed by atoms with E-state index in [1.54, 1.807) is 12.1 Å². The topological polar surface area (TPSA) is 76.0 Å². The van der Waals surface area contributed by atoms with Gasteiger partial charge in [-0.1, -0.05) is 6.07 Å². The molecule has 0 saturated carbocycles. The molecule has 1 N–H and O–H groups in total. The van der Waals surface area contributed by atoms with Crippen LogP contribution < -0.4 is 4.90 Å². The standard InChI is InChI=1S/C19H22FN5O/c1-13-15(14(2)23-22-13)6-7-19(26)25-10-8-24(9-11-25)18-5-3-4-17(20)16(18)12-21/h3-5H,6-11H2,1-2H3,(H,22,23). The summed E-state index contributed by atoms with van der Waals surface area (Å²) in [5.41, 5.74) is 3.73. The number of H-pyrrole nitrogens is 1. The maximum absolute atomic E-state index is 13.8. The normalized spacial score (nSPS) is 14.4. The lowest BCUT2D eigenvalue weighted by Crippen LogP contribution is -2.49. The molecule has 26 heavy (non-hydrogen) atoms. The van der Waals surface area contributed by atoms with Gasteiger partial charge in [-0.2, -0.15) is 10.4 Å². The number of hydrogen-bond acceptors (Lipinski definition) is 4. The molecule has 6 nitrogen and oxygen atoms in total. The molecule has 1 fully saturated rings. The van der Waals surface area contributed by atoms with Gasteiger partial charge in [0, 0.05) is 38.3 Å². The van der Waals surface area contributed by atoms with Crippen molar-refractivity contribution in [3.8, 4) is 6.07 Å². The summed E-state index contributed by atoms with van der Waals surface area (Å²) in [6, 6.07) is 6.59. The molecule has 0 spiro atoms. The average molecular weight is 355 g/mol. The van der Waals surface area contributed by atoms with Crippen molar-refractivity contribution in [2.75, 3.05) is 31.1 Å². The third kappa shape index (κ3) is 3.54. The zero-order valence-corrected chi connectivity index (χ0v) is 15.0. The predicted octanol–water partition coefficient (Wildman–Crippen LogP) is 2.32. The van der Waals surface area contributed by atoms with Crippen LogP contribution in [0.3, 0.4) is 0 Å². The predicted molar refractivity (Wildman–Crippen MR) is 96.3 cm³/mol. The van der Waals surface area contributed by atoms with Gasteiger partial charge in [0.2, 0.25) is 5.91 Å². The molecule has 2 aromatic rings. The summed E-state index contributed by atoms with van der Waals surface area (Å²) in [5.74, 6) is -0.390. The maximum Gasteiger partial charge on any atom is 0.223 e. The Hall–Kier alpha value is -2.88. The molecule has 3 rings (SSSR count). The van der Waals surface area contributed by atoms with Crippen molar-refractivity contribution in [3.05, 3.63) is 46.5 Å². The van der Waals surface area contributed by atoms with Crippen molar-refractivity contribution >= 4 is 11.6 Å². The zero-order valence-electron chi connectivity index (χ0n) is 15.0. The first-order chi connectivity index (χ1) is 12.5. The van der Waals surface area contributed by atoms with Crippen molar-refractivity contribution in [1.82, 2.24) is 15.1 Å². The number of nitrogens with one attached hydrogen (secondary N) is 1. The minimum atomic E-state index is -0.505. The molecule has 0 radical (unpaired) electrons. The number of benzene rings is 1. The van der Waals surface area contributed by atoms with Gasteiger partial charge in [-0.25, -0.2) is 4.39 Å². The van der Waals surface area contributed by atoms with Crippen LogP contribution in [0.25, 0.3) is 0 Å². The smallest absolute Gasteiger partial charge is 0.223 e. The summed E-state index contributed by atoms with van der Waals surface area (Å²) in [6.07, 6.45) is 1.13. The minimum Gasteiger partial charge on any atom is -0.367 e. The van der Waals surface area contributed by atoms with E-state index in [4.69, 9.17) is 0 Å². The number of aryl methyl sites for hydroxylation is 2. The Balaban J connectivity index is 1.58. The van der Waals surface area contributed by atoms with E-state index in [9.17, 15) is 14.4 Å². The van der Waals surface area contributed by atoms with Crippen LogP contribution >= 0.6 is 0 Å². The molecule has 0 atom stereocenters. The average Bonchev–Trinajstić information content (AvgIpc) is 2.97. The first-order valence-electron chi connectivity index (χ1n) is 8.73. The van der Waals surface area contributed by atoms with Crippen LogP contribution in [0.5, 0.6) is 0 Å². The molecule has 1 aromatic carbocycles. The van der Waals surface area contributed by atoms with E-state index in [1.165, 1.54) is 6.07 Å². The summed E-state index contributed by atoms with van der Waals surface area (Å²) in [6.45, 7) is 6.23. The first-order valence-corrected chi connectivity index (χ1v) is 8.73. The number of carbonyl (C=O) groups is 1. The van der Waals surface area contributed by atoms with Gasteiger partial charge in [0.1, 0.15) is 17.4 Å². The van der Waals surface area contributed by atoms with Crippen molar-refractivity contribution < 1.29 is 9.18 Å². The second-order valence-corrected chi connectivity index (χ2v) is 6.53. The van der Waals surface area contributed by atoms with Crippen LogP contribution in [-0.4, -0.2) is 47.2 Å². The Labute approximate surface area is 152 Å². The first kappa shape index (κ1) is 17.9. The van der Waals surface area contributed by atoms with E-state index in [0.29, 0.717) is 44.7 Å². The van der Waals surface area contributed by atoms with Crippen LogP contribution in [0.1, 0.15) is 28.9 Å². The Morgan fingerprint density at radius 2 is 2.04 bits per heavy atom. The van der Waals surface area contributed by atoms with Crippen LogP contribution in [0.4, 0.5) is 10.1 Å². The minimum absolute atomic E-state index is 0.0678. The molecule has 1 aromatic heterocycles. The Morgan fingerprint density at radius 1 is 1.31 bits per heavy atom. The van der Waals surface area contributed by atoms with Gasteiger partial charge in [0.25, 0.3) is 0 Å². The molecule has 1 aliphatic heterocycles. The SMILES string of the molecule is Cc1n[nH]c(C)c1CCC(=O)N1CCN(c2cccc(F)c2C#N)CC1. The number of anilines is 1. The molecule has 136 valence electrons. The van der Waals surface area contributed by atoms with E-state index in [0.717, 1.165) is 17.0 Å². The van der Waals surface area contributed by atoms with Crippen LogP contribution in [0, 0.1) is 31.0 Å². The number of rotatable bonds is 4. The Kier molecular flexibility index (Phi) is 5.21. The Bertz CT molecular complexity index is 827. The summed E-state index contributed by atoms with van der Waals surface area (Å²) < 4.78 is 13.8. The highest BCUT2D eigenvalue weighted by molar-refractivity contribution is 5.77. The summed E-state index contributed by atoms with van der Waals surface area (Å²) >= 11 is 0. The lowest BCUT2D eigenvalue weighted by atomic mass is 10.1. The second kappa shape index (κ2) is 7.56. The highest BCUT2D eigenvalue weighted by atomic mass is 19.1. The number of carbonyl (C=O) groups excluding carboxylic acids is 1. The number of hydrogen-bond donors (Lipinski definition) is 1. The van der Waals surface area contributed by atoms with Gasteiger partial charge >= 0.3 is 0 Å². The molecule has 0 bridgehead atoms. The lowest BCUT2D eigenvalue weighted by Gasteiger charge is -2.36. The number of aromatic amines is 1. The summed E-state index contributed by atoms with van der Waals surface area (Å²) in [5, 5.41) is 16.3. The van der Waals surface area contributed by atoms with E-state index >= 15 is 0 Å². The van der Waals surface area contributed by atoms with Gasteiger partial charge in [-0.05, 0) is 38.0 Å². The number of aromatic nitrogens is 2. The molecule has 7 heteroatoms. The van der Waals surface area contributed by atoms with E-state index in [1.807, 2.05) is 29.7 Å². The second-order valence-electron chi connectivity index (χ2n) is 6.53. The lowest BCUT2D eigenvalue weighted by molar-refractivity contribution is -0.131.